The Bertz CT molecular complexity index is 450. The van der Waals surface area contributed by atoms with Crippen LogP contribution in [0.3, 0.4) is 0 Å². The van der Waals surface area contributed by atoms with Gasteiger partial charge in [0, 0.05) is 6.04 Å². The van der Waals surface area contributed by atoms with Crippen LogP contribution in [0.1, 0.15) is 51.3 Å². The Kier molecular flexibility index (Phi) is 5.57. The fraction of sp³-hybridized carbons (Fsp3) is 0.562. The fourth-order valence-electron chi connectivity index (χ4n) is 2.32. The maximum Gasteiger partial charge on any atom is 0.405 e. The second-order valence-electron chi connectivity index (χ2n) is 6.69. The first-order valence-electron chi connectivity index (χ1n) is 7.01. The van der Waals surface area contributed by atoms with Crippen molar-refractivity contribution in [2.45, 2.75) is 52.6 Å². The normalized spacial score (nSPS) is 14.7. The van der Waals surface area contributed by atoms with Crippen molar-refractivity contribution in [2.75, 3.05) is 0 Å². The summed E-state index contributed by atoms with van der Waals surface area (Å²) in [6, 6.07) is 7.92. The number of amides is 1. The molecule has 0 aliphatic heterocycles. The van der Waals surface area contributed by atoms with E-state index in [2.05, 4.69) is 32.2 Å². The third-order valence-corrected chi connectivity index (χ3v) is 3.03. The van der Waals surface area contributed by atoms with Crippen molar-refractivity contribution in [1.82, 2.24) is 5.32 Å². The highest BCUT2D eigenvalue weighted by Crippen LogP contribution is 2.29. The topological polar surface area (TPSA) is 75.3 Å². The molecule has 0 bridgehead atoms. The van der Waals surface area contributed by atoms with Crippen LogP contribution in [-0.4, -0.2) is 17.2 Å². The van der Waals surface area contributed by atoms with Gasteiger partial charge in [0.15, 0.2) is 0 Å². The molecule has 0 unspecified atom stereocenters. The molecule has 1 rings (SSSR count). The zero-order valence-corrected chi connectivity index (χ0v) is 12.8. The third kappa shape index (κ3) is 6.06. The molecule has 0 aliphatic carbocycles. The minimum Gasteiger partial charge on any atom is -0.465 e. The van der Waals surface area contributed by atoms with E-state index in [0.29, 0.717) is 0 Å². The van der Waals surface area contributed by atoms with E-state index in [9.17, 15) is 4.79 Å². The Morgan fingerprint density at radius 3 is 2.55 bits per heavy atom. The van der Waals surface area contributed by atoms with Gasteiger partial charge in [0.05, 0.1) is 6.04 Å². The van der Waals surface area contributed by atoms with Crippen LogP contribution in [0.15, 0.2) is 24.3 Å². The lowest BCUT2D eigenvalue weighted by Gasteiger charge is -2.26. The Labute approximate surface area is 121 Å². The summed E-state index contributed by atoms with van der Waals surface area (Å²) in [7, 11) is 0. The summed E-state index contributed by atoms with van der Waals surface area (Å²) >= 11 is 0. The molecule has 4 nitrogen and oxygen atoms in total. The number of nitrogens with two attached hydrogens (primary N) is 1. The molecule has 112 valence electrons. The first-order chi connectivity index (χ1) is 9.17. The van der Waals surface area contributed by atoms with Gasteiger partial charge in [-0.25, -0.2) is 4.79 Å². The van der Waals surface area contributed by atoms with Crippen LogP contribution in [0.25, 0.3) is 0 Å². The Hall–Kier alpha value is -1.55. The predicted octanol–water partition coefficient (Wildman–Crippen LogP) is 3.32. The average Bonchev–Trinajstić information content (AvgIpc) is 2.25. The van der Waals surface area contributed by atoms with Crippen LogP contribution in [0, 0.1) is 5.41 Å². The van der Waals surface area contributed by atoms with E-state index in [1.54, 1.807) is 0 Å². The van der Waals surface area contributed by atoms with Crippen LogP contribution in [-0.2, 0) is 6.42 Å². The zero-order valence-electron chi connectivity index (χ0n) is 12.8. The van der Waals surface area contributed by atoms with Crippen LogP contribution >= 0.6 is 0 Å². The summed E-state index contributed by atoms with van der Waals surface area (Å²) in [6.45, 7) is 8.29. The quantitative estimate of drug-likeness (QED) is 0.773. The number of rotatable bonds is 5. The highest BCUT2D eigenvalue weighted by Gasteiger charge is 2.22. The maximum atomic E-state index is 11.0. The van der Waals surface area contributed by atoms with Crippen molar-refractivity contribution in [3.63, 3.8) is 0 Å². The molecular formula is C16H26N2O2. The van der Waals surface area contributed by atoms with Gasteiger partial charge < -0.3 is 16.2 Å². The third-order valence-electron chi connectivity index (χ3n) is 3.03. The fourth-order valence-corrected chi connectivity index (χ4v) is 2.32. The first kappa shape index (κ1) is 16.5. The van der Waals surface area contributed by atoms with Crippen LogP contribution < -0.4 is 11.1 Å². The number of hydrogen-bond donors (Lipinski definition) is 3. The van der Waals surface area contributed by atoms with E-state index in [1.165, 1.54) is 0 Å². The predicted molar refractivity (Wildman–Crippen MR) is 81.8 cm³/mol. The summed E-state index contributed by atoms with van der Waals surface area (Å²) in [4.78, 5) is 11.0. The van der Waals surface area contributed by atoms with Crippen LogP contribution in [0.5, 0.6) is 0 Å². The highest BCUT2D eigenvalue weighted by atomic mass is 16.4. The lowest BCUT2D eigenvalue weighted by Crippen LogP contribution is -2.30. The number of carbonyl (C=O) groups is 1. The van der Waals surface area contributed by atoms with Crippen molar-refractivity contribution < 1.29 is 9.90 Å². The summed E-state index contributed by atoms with van der Waals surface area (Å²) < 4.78 is 0. The van der Waals surface area contributed by atoms with Gasteiger partial charge in [-0.2, -0.15) is 0 Å². The molecule has 4 N–H and O–H groups in total. The number of nitrogens with one attached hydrogen (secondary N) is 1. The molecular weight excluding hydrogens is 252 g/mol. The van der Waals surface area contributed by atoms with E-state index in [0.717, 1.165) is 24.0 Å². The van der Waals surface area contributed by atoms with Gasteiger partial charge in [0.25, 0.3) is 0 Å². The molecule has 1 amide bonds. The Balaban J connectivity index is 2.97. The molecule has 1 aromatic rings. The summed E-state index contributed by atoms with van der Waals surface area (Å²) in [5.41, 5.74) is 8.01. The molecule has 0 aliphatic rings. The van der Waals surface area contributed by atoms with Gasteiger partial charge in [-0.15, -0.1) is 0 Å². The Morgan fingerprint density at radius 2 is 2.05 bits per heavy atom. The summed E-state index contributed by atoms with van der Waals surface area (Å²) in [6.07, 6.45) is 0.557. The number of carboxylic acid groups (broad SMARTS) is 1. The second-order valence-corrected chi connectivity index (χ2v) is 6.69. The van der Waals surface area contributed by atoms with Crippen LogP contribution in [0.4, 0.5) is 4.79 Å². The standard InChI is InChI=1S/C16H26N2O2/c1-11(17)8-12-6-5-7-13(9-12)14(18-15(19)20)10-16(2,3)4/h5-7,9,11,14,18H,8,10,17H2,1-4H3,(H,19,20)/t11-,14-/m0/s1. The molecule has 20 heavy (non-hydrogen) atoms. The minimum absolute atomic E-state index is 0.0459. The summed E-state index contributed by atoms with van der Waals surface area (Å²) in [5.74, 6) is 0. The largest absolute Gasteiger partial charge is 0.465 e. The van der Waals surface area contributed by atoms with Gasteiger partial charge in [-0.3, -0.25) is 0 Å². The smallest absolute Gasteiger partial charge is 0.405 e. The molecule has 0 heterocycles. The van der Waals surface area contributed by atoms with E-state index in [-0.39, 0.29) is 17.5 Å². The van der Waals surface area contributed by atoms with Crippen molar-refractivity contribution >= 4 is 6.09 Å². The monoisotopic (exact) mass is 278 g/mol. The highest BCUT2D eigenvalue weighted by molar-refractivity contribution is 5.65. The Morgan fingerprint density at radius 1 is 1.40 bits per heavy atom. The molecule has 0 saturated heterocycles. The van der Waals surface area contributed by atoms with Crippen molar-refractivity contribution in [3.8, 4) is 0 Å². The van der Waals surface area contributed by atoms with Crippen LogP contribution in [0.2, 0.25) is 0 Å². The van der Waals surface area contributed by atoms with E-state index in [1.807, 2.05) is 25.1 Å². The molecule has 0 spiro atoms. The zero-order chi connectivity index (χ0) is 15.3. The van der Waals surface area contributed by atoms with E-state index >= 15 is 0 Å². The average molecular weight is 278 g/mol. The SMILES string of the molecule is C[C@H](N)Cc1cccc([C@H](CC(C)(C)C)NC(=O)O)c1. The molecule has 0 saturated carbocycles. The second kappa shape index (κ2) is 6.75. The van der Waals surface area contributed by atoms with Gasteiger partial charge in [0.1, 0.15) is 0 Å². The molecule has 0 fully saturated rings. The van der Waals surface area contributed by atoms with Crippen molar-refractivity contribution in [3.05, 3.63) is 35.4 Å². The van der Waals surface area contributed by atoms with Crippen molar-refractivity contribution in [2.24, 2.45) is 11.1 Å². The summed E-state index contributed by atoms with van der Waals surface area (Å²) in [5, 5.41) is 11.6. The number of benzene rings is 1. The van der Waals surface area contributed by atoms with Gasteiger partial charge >= 0.3 is 6.09 Å². The number of hydrogen-bond acceptors (Lipinski definition) is 2. The van der Waals surface area contributed by atoms with E-state index < -0.39 is 6.09 Å². The molecule has 2 atom stereocenters. The van der Waals surface area contributed by atoms with E-state index in [4.69, 9.17) is 10.8 Å². The molecule has 1 aromatic carbocycles. The lowest BCUT2D eigenvalue weighted by molar-refractivity contribution is 0.184. The molecule has 4 heteroatoms. The molecule has 0 radical (unpaired) electrons. The first-order valence-corrected chi connectivity index (χ1v) is 7.01. The van der Waals surface area contributed by atoms with Gasteiger partial charge in [-0.05, 0) is 36.3 Å². The van der Waals surface area contributed by atoms with Gasteiger partial charge in [0.2, 0.25) is 0 Å². The minimum atomic E-state index is -0.989. The molecule has 0 aromatic heterocycles. The lowest BCUT2D eigenvalue weighted by atomic mass is 9.85. The van der Waals surface area contributed by atoms with Crippen molar-refractivity contribution in [1.29, 1.82) is 0 Å². The maximum absolute atomic E-state index is 11.0. The van der Waals surface area contributed by atoms with Gasteiger partial charge in [-0.1, -0.05) is 45.0 Å².